The number of ketones is 1. The number of aromatic hydroxyl groups is 1. The van der Waals surface area contributed by atoms with E-state index in [0.717, 1.165) is 19.3 Å². The minimum Gasteiger partial charge on any atom is -0.494 e. The molecule has 0 unspecified atom stereocenters. The van der Waals surface area contributed by atoms with Gasteiger partial charge < -0.3 is 9.84 Å². The summed E-state index contributed by atoms with van der Waals surface area (Å²) in [4.78, 5) is 12.8. The van der Waals surface area contributed by atoms with Crippen LogP contribution < -0.4 is 4.74 Å². The van der Waals surface area contributed by atoms with Gasteiger partial charge in [0.2, 0.25) is 11.7 Å². The molecule has 134 valence electrons. The molecule has 2 heterocycles. The molecule has 7 nitrogen and oxygen atoms in total. The Labute approximate surface area is 146 Å². The number of aromatic nitrogens is 2. The van der Waals surface area contributed by atoms with Crippen molar-refractivity contribution < 1.29 is 18.8 Å². The molecule has 0 bridgehead atoms. The van der Waals surface area contributed by atoms with Crippen LogP contribution >= 0.6 is 0 Å². The van der Waals surface area contributed by atoms with E-state index >= 15 is 0 Å². The minimum absolute atomic E-state index is 0.0831. The largest absolute Gasteiger partial charge is 0.494 e. The van der Waals surface area contributed by atoms with E-state index in [1.807, 2.05) is 0 Å². The van der Waals surface area contributed by atoms with Crippen LogP contribution in [0.5, 0.6) is 11.6 Å². The Morgan fingerprint density at radius 2 is 2.00 bits per heavy atom. The number of carbonyl (C=O) groups is 1. The van der Waals surface area contributed by atoms with Gasteiger partial charge in [-0.05, 0) is 25.0 Å². The van der Waals surface area contributed by atoms with E-state index in [1.165, 1.54) is 18.0 Å². The highest BCUT2D eigenvalue weighted by atomic mass is 32.2. The molecule has 1 aromatic carbocycles. The number of methoxy groups -OCH3 is 1. The van der Waals surface area contributed by atoms with Crippen LogP contribution in [0.3, 0.4) is 0 Å². The van der Waals surface area contributed by atoms with Gasteiger partial charge in [-0.3, -0.25) is 4.79 Å². The van der Waals surface area contributed by atoms with E-state index in [2.05, 4.69) is 9.46 Å². The van der Waals surface area contributed by atoms with E-state index in [4.69, 9.17) is 4.74 Å². The molecule has 0 amide bonds. The zero-order valence-corrected chi connectivity index (χ0v) is 15.1. The Kier molecular flexibility index (Phi) is 4.80. The van der Waals surface area contributed by atoms with Crippen LogP contribution in [0.15, 0.2) is 28.8 Å². The van der Waals surface area contributed by atoms with Crippen molar-refractivity contribution in [2.24, 2.45) is 11.4 Å². The zero-order chi connectivity index (χ0) is 18.0. The number of aryl methyl sites for hydroxylation is 1. The first kappa shape index (κ1) is 17.5. The van der Waals surface area contributed by atoms with Crippen molar-refractivity contribution in [3.05, 3.63) is 35.5 Å². The standard InChI is InChI=1S/C17H21N3O4S/c1-20-17(22)13(11-18-20)15(21)12-7-6-8-14(16(12)24-2)19-25(23)9-4-3-5-10-25/h6-8,11,22H,3-5,9-10H2,1-2H3. The molecular formula is C17H21N3O4S. The van der Waals surface area contributed by atoms with Gasteiger partial charge in [-0.25, -0.2) is 8.89 Å². The van der Waals surface area contributed by atoms with Gasteiger partial charge in [0.25, 0.3) is 0 Å². The maximum Gasteiger partial charge on any atom is 0.220 e. The monoisotopic (exact) mass is 363 g/mol. The molecule has 0 saturated carbocycles. The number of para-hydroxylation sites is 1. The van der Waals surface area contributed by atoms with Crippen LogP contribution in [0.4, 0.5) is 5.69 Å². The van der Waals surface area contributed by atoms with Crippen molar-refractivity contribution in [1.29, 1.82) is 0 Å². The molecular weight excluding hydrogens is 342 g/mol. The van der Waals surface area contributed by atoms with Crippen molar-refractivity contribution in [2.45, 2.75) is 19.3 Å². The third-order valence-corrected chi connectivity index (χ3v) is 6.67. The summed E-state index contributed by atoms with van der Waals surface area (Å²) in [5.74, 6) is 0.768. The van der Waals surface area contributed by atoms with Gasteiger partial charge in [-0.2, -0.15) is 9.46 Å². The second kappa shape index (κ2) is 6.87. The van der Waals surface area contributed by atoms with Crippen molar-refractivity contribution in [2.75, 3.05) is 18.6 Å². The van der Waals surface area contributed by atoms with Crippen LogP contribution in [-0.4, -0.2) is 43.5 Å². The second-order valence-electron chi connectivity index (χ2n) is 6.03. The molecule has 3 rings (SSSR count). The molecule has 1 N–H and O–H groups in total. The van der Waals surface area contributed by atoms with E-state index in [1.54, 1.807) is 25.2 Å². The van der Waals surface area contributed by atoms with Crippen molar-refractivity contribution in [1.82, 2.24) is 9.78 Å². The molecule has 1 aliphatic heterocycles. The summed E-state index contributed by atoms with van der Waals surface area (Å²) in [6.45, 7) is 0. The fraction of sp³-hybridized carbons (Fsp3) is 0.412. The van der Waals surface area contributed by atoms with Gasteiger partial charge in [0.1, 0.15) is 11.3 Å². The molecule has 1 saturated heterocycles. The van der Waals surface area contributed by atoms with Gasteiger partial charge in [0.15, 0.2) is 5.75 Å². The van der Waals surface area contributed by atoms with Crippen molar-refractivity contribution in [3.8, 4) is 11.6 Å². The highest BCUT2D eigenvalue weighted by molar-refractivity contribution is 7.93. The maximum atomic E-state index is 12.9. The Morgan fingerprint density at radius 3 is 2.60 bits per heavy atom. The van der Waals surface area contributed by atoms with Crippen LogP contribution in [0, 0.1) is 0 Å². The number of nitrogens with zero attached hydrogens (tertiary/aromatic N) is 3. The van der Waals surface area contributed by atoms with E-state index in [-0.39, 0.29) is 22.8 Å². The summed E-state index contributed by atoms with van der Waals surface area (Å²) in [6.07, 6.45) is 4.17. The molecule has 1 aromatic heterocycles. The fourth-order valence-corrected chi connectivity index (χ4v) is 5.13. The average molecular weight is 363 g/mol. The van der Waals surface area contributed by atoms with Crippen LogP contribution in [0.25, 0.3) is 0 Å². The highest BCUT2D eigenvalue weighted by Gasteiger charge is 2.23. The van der Waals surface area contributed by atoms with E-state index in [9.17, 15) is 14.1 Å². The first-order chi connectivity index (χ1) is 11.9. The fourth-order valence-electron chi connectivity index (χ4n) is 2.93. The predicted molar refractivity (Wildman–Crippen MR) is 95.1 cm³/mol. The normalized spacial score (nSPS) is 16.4. The topological polar surface area (TPSA) is 93.8 Å². The summed E-state index contributed by atoms with van der Waals surface area (Å²) < 4.78 is 24.0. The molecule has 0 radical (unpaired) electrons. The van der Waals surface area contributed by atoms with Gasteiger partial charge in [-0.15, -0.1) is 0 Å². The molecule has 0 spiro atoms. The maximum absolute atomic E-state index is 12.9. The first-order valence-electron chi connectivity index (χ1n) is 8.10. The predicted octanol–water partition coefficient (Wildman–Crippen LogP) is 2.65. The minimum atomic E-state index is -2.32. The summed E-state index contributed by atoms with van der Waals surface area (Å²) in [5, 5.41) is 13.9. The number of ether oxygens (including phenoxy) is 1. The Hall–Kier alpha value is -2.35. The lowest BCUT2D eigenvalue weighted by molar-refractivity contribution is 0.103. The summed E-state index contributed by atoms with van der Waals surface area (Å²) in [7, 11) is 0.672. The third kappa shape index (κ3) is 3.39. The quantitative estimate of drug-likeness (QED) is 0.843. The second-order valence-corrected chi connectivity index (χ2v) is 8.57. The molecule has 0 aliphatic carbocycles. The average Bonchev–Trinajstić information content (AvgIpc) is 2.93. The van der Waals surface area contributed by atoms with Crippen molar-refractivity contribution in [3.63, 3.8) is 0 Å². The molecule has 1 aliphatic rings. The number of rotatable bonds is 4. The Morgan fingerprint density at radius 1 is 1.28 bits per heavy atom. The lowest BCUT2D eigenvalue weighted by Gasteiger charge is -2.16. The van der Waals surface area contributed by atoms with Crippen LogP contribution in [0.2, 0.25) is 0 Å². The Bertz CT molecular complexity index is 914. The molecule has 2 aromatic rings. The van der Waals surface area contributed by atoms with Crippen LogP contribution in [-0.2, 0) is 16.8 Å². The number of hydrogen-bond acceptors (Lipinski definition) is 6. The van der Waals surface area contributed by atoms with Gasteiger partial charge in [0.05, 0.1) is 28.6 Å². The summed E-state index contributed by atoms with van der Waals surface area (Å²) in [5.41, 5.74) is 0.745. The molecule has 1 fully saturated rings. The molecule has 25 heavy (non-hydrogen) atoms. The lowest BCUT2D eigenvalue weighted by atomic mass is 10.0. The SMILES string of the molecule is COc1c(N=S2(=O)CCCCC2)cccc1C(=O)c1cnn(C)c1O. The number of hydrogen-bond donors (Lipinski definition) is 1. The highest BCUT2D eigenvalue weighted by Crippen LogP contribution is 2.35. The van der Waals surface area contributed by atoms with Gasteiger partial charge in [-0.1, -0.05) is 12.5 Å². The first-order valence-corrected chi connectivity index (χ1v) is 9.96. The van der Waals surface area contributed by atoms with Crippen molar-refractivity contribution >= 4 is 21.2 Å². The van der Waals surface area contributed by atoms with E-state index < -0.39 is 15.5 Å². The molecule has 8 heteroatoms. The lowest BCUT2D eigenvalue weighted by Crippen LogP contribution is -2.16. The number of benzene rings is 1. The number of carbonyl (C=O) groups excluding carboxylic acids is 1. The Balaban J connectivity index is 2.08. The summed E-state index contributed by atoms with van der Waals surface area (Å²) >= 11 is 0. The van der Waals surface area contributed by atoms with Crippen LogP contribution in [0.1, 0.15) is 35.2 Å². The summed E-state index contributed by atoms with van der Waals surface area (Å²) in [6, 6.07) is 4.97. The van der Waals surface area contributed by atoms with E-state index in [0.29, 0.717) is 17.2 Å². The third-order valence-electron chi connectivity index (χ3n) is 4.29. The van der Waals surface area contributed by atoms with Gasteiger partial charge in [0, 0.05) is 18.6 Å². The molecule has 0 atom stereocenters. The zero-order valence-electron chi connectivity index (χ0n) is 14.3. The van der Waals surface area contributed by atoms with Gasteiger partial charge >= 0.3 is 0 Å². The smallest absolute Gasteiger partial charge is 0.220 e.